The number of hydrogen-bond donors (Lipinski definition) is 1. The number of anilines is 1. The summed E-state index contributed by atoms with van der Waals surface area (Å²) in [7, 11) is 0. The Labute approximate surface area is 138 Å². The zero-order chi connectivity index (χ0) is 16.8. The maximum Gasteiger partial charge on any atom is 0.416 e. The molecule has 1 aliphatic rings. The quantitative estimate of drug-likeness (QED) is 0.798. The van der Waals surface area contributed by atoms with E-state index >= 15 is 0 Å². The Kier molecular flexibility index (Phi) is 5.81. The van der Waals surface area contributed by atoms with Gasteiger partial charge >= 0.3 is 12.1 Å². The molecule has 0 radical (unpaired) electrons. The van der Waals surface area contributed by atoms with Crippen molar-refractivity contribution < 1.29 is 23.9 Å². The maximum atomic E-state index is 12.2. The molecular formula is C15H17ClN2O5. The normalized spacial score (nSPS) is 15.0. The predicted octanol–water partition coefficient (Wildman–Crippen LogP) is 2.05. The van der Waals surface area contributed by atoms with E-state index in [1.54, 1.807) is 31.2 Å². The Morgan fingerprint density at radius 1 is 1.39 bits per heavy atom. The number of cyclic esters (lactones) is 1. The lowest BCUT2D eigenvalue weighted by molar-refractivity contribution is -0.146. The number of esters is 1. The van der Waals surface area contributed by atoms with Gasteiger partial charge in [-0.1, -0.05) is 11.6 Å². The zero-order valence-corrected chi connectivity index (χ0v) is 13.3. The lowest BCUT2D eigenvalue weighted by atomic mass is 10.1. The van der Waals surface area contributed by atoms with Gasteiger partial charge in [0, 0.05) is 10.7 Å². The number of imide groups is 1. The molecule has 23 heavy (non-hydrogen) atoms. The summed E-state index contributed by atoms with van der Waals surface area (Å²) in [6.45, 7) is 2.22. The Hall–Kier alpha value is -2.28. The number of halogens is 1. The standard InChI is InChI=1S/C15H17ClN2O5/c1-2-22-14(20)12(17-11-5-3-10(16)4-6-11)9-13(19)18-7-8-23-15(18)21/h3-6,12,17H,2,7-9H2,1H3/t12-/m0/s1. The number of ether oxygens (including phenoxy) is 2. The molecule has 0 saturated carbocycles. The second kappa shape index (κ2) is 7.82. The number of carbonyl (C=O) groups excluding carboxylic acids is 3. The fourth-order valence-electron chi connectivity index (χ4n) is 2.09. The van der Waals surface area contributed by atoms with Crippen molar-refractivity contribution in [1.82, 2.24) is 4.90 Å². The molecule has 1 aromatic carbocycles. The van der Waals surface area contributed by atoms with Crippen molar-refractivity contribution in [2.24, 2.45) is 0 Å². The van der Waals surface area contributed by atoms with Crippen LogP contribution in [0.15, 0.2) is 24.3 Å². The third kappa shape index (κ3) is 4.59. The number of nitrogens with zero attached hydrogens (tertiary/aromatic N) is 1. The van der Waals surface area contributed by atoms with Gasteiger partial charge in [-0.15, -0.1) is 0 Å². The molecule has 1 saturated heterocycles. The van der Waals surface area contributed by atoms with Crippen molar-refractivity contribution >= 4 is 35.3 Å². The minimum Gasteiger partial charge on any atom is -0.464 e. The molecule has 0 bridgehead atoms. The zero-order valence-electron chi connectivity index (χ0n) is 12.6. The average Bonchev–Trinajstić information content (AvgIpc) is 2.95. The first kappa shape index (κ1) is 17.1. The predicted molar refractivity (Wildman–Crippen MR) is 83.2 cm³/mol. The van der Waals surface area contributed by atoms with Crippen molar-refractivity contribution in [3.63, 3.8) is 0 Å². The van der Waals surface area contributed by atoms with Crippen LogP contribution in [-0.2, 0) is 19.1 Å². The Bertz CT molecular complexity index is 590. The third-order valence-electron chi connectivity index (χ3n) is 3.20. The van der Waals surface area contributed by atoms with Crippen LogP contribution in [0.4, 0.5) is 10.5 Å². The van der Waals surface area contributed by atoms with Gasteiger partial charge in [0.15, 0.2) is 0 Å². The van der Waals surface area contributed by atoms with Gasteiger partial charge in [0.25, 0.3) is 0 Å². The van der Waals surface area contributed by atoms with Crippen molar-refractivity contribution in [2.45, 2.75) is 19.4 Å². The minimum absolute atomic E-state index is 0.166. The van der Waals surface area contributed by atoms with Crippen LogP contribution in [0.3, 0.4) is 0 Å². The van der Waals surface area contributed by atoms with Gasteiger partial charge in [-0.25, -0.2) is 14.5 Å². The second-order valence-corrected chi connectivity index (χ2v) is 5.26. The summed E-state index contributed by atoms with van der Waals surface area (Å²) < 4.78 is 9.70. The molecule has 0 aliphatic carbocycles. The summed E-state index contributed by atoms with van der Waals surface area (Å²) in [4.78, 5) is 36.6. The second-order valence-electron chi connectivity index (χ2n) is 4.82. The third-order valence-corrected chi connectivity index (χ3v) is 3.45. The van der Waals surface area contributed by atoms with Crippen LogP contribution in [0.2, 0.25) is 5.02 Å². The van der Waals surface area contributed by atoms with Crippen LogP contribution in [0.1, 0.15) is 13.3 Å². The molecule has 124 valence electrons. The Morgan fingerprint density at radius 2 is 2.09 bits per heavy atom. The van der Waals surface area contributed by atoms with Gasteiger partial charge in [-0.2, -0.15) is 0 Å². The number of carbonyl (C=O) groups is 3. The highest BCUT2D eigenvalue weighted by Crippen LogP contribution is 2.17. The molecule has 0 aromatic heterocycles. The topological polar surface area (TPSA) is 84.9 Å². The summed E-state index contributed by atoms with van der Waals surface area (Å²) in [6, 6.07) is 5.78. The smallest absolute Gasteiger partial charge is 0.416 e. The van der Waals surface area contributed by atoms with Crippen LogP contribution >= 0.6 is 11.6 Å². The summed E-state index contributed by atoms with van der Waals surface area (Å²) >= 11 is 5.82. The van der Waals surface area contributed by atoms with E-state index in [2.05, 4.69) is 5.32 Å². The summed E-state index contributed by atoms with van der Waals surface area (Å²) in [5.41, 5.74) is 0.615. The molecule has 1 atom stereocenters. The van der Waals surface area contributed by atoms with Crippen LogP contribution < -0.4 is 5.32 Å². The monoisotopic (exact) mass is 340 g/mol. The number of rotatable bonds is 6. The average molecular weight is 341 g/mol. The molecule has 1 aromatic rings. The molecule has 1 heterocycles. The van der Waals surface area contributed by atoms with Crippen molar-refractivity contribution in [2.75, 3.05) is 25.1 Å². The first-order chi connectivity index (χ1) is 11.0. The summed E-state index contributed by atoms with van der Waals surface area (Å²) in [5.74, 6) is -1.06. The maximum absolute atomic E-state index is 12.2. The molecule has 2 amide bonds. The van der Waals surface area contributed by atoms with Crippen molar-refractivity contribution in [1.29, 1.82) is 0 Å². The van der Waals surface area contributed by atoms with Gasteiger partial charge in [0.05, 0.1) is 19.6 Å². The first-order valence-corrected chi connectivity index (χ1v) is 7.55. The lowest BCUT2D eigenvalue weighted by Gasteiger charge is -2.20. The first-order valence-electron chi connectivity index (χ1n) is 7.17. The van der Waals surface area contributed by atoms with E-state index in [4.69, 9.17) is 21.1 Å². The highest BCUT2D eigenvalue weighted by molar-refractivity contribution is 6.30. The van der Waals surface area contributed by atoms with Crippen LogP contribution in [0.5, 0.6) is 0 Å². The fraction of sp³-hybridized carbons (Fsp3) is 0.400. The van der Waals surface area contributed by atoms with Gasteiger partial charge in [-0.05, 0) is 31.2 Å². The minimum atomic E-state index is -0.906. The van der Waals surface area contributed by atoms with Gasteiger partial charge in [0.2, 0.25) is 5.91 Å². The highest BCUT2D eigenvalue weighted by atomic mass is 35.5. The van der Waals surface area contributed by atoms with E-state index < -0.39 is 24.0 Å². The summed E-state index contributed by atoms with van der Waals surface area (Å²) in [6.07, 6.45) is -0.902. The van der Waals surface area contributed by atoms with Crippen molar-refractivity contribution in [3.8, 4) is 0 Å². The lowest BCUT2D eigenvalue weighted by Crippen LogP contribution is -2.40. The number of nitrogens with one attached hydrogen (secondary N) is 1. The fourth-order valence-corrected chi connectivity index (χ4v) is 2.21. The molecule has 1 fully saturated rings. The number of benzene rings is 1. The molecule has 7 nitrogen and oxygen atoms in total. The van der Waals surface area contributed by atoms with Gasteiger partial charge in [0.1, 0.15) is 12.6 Å². The van der Waals surface area contributed by atoms with E-state index in [0.717, 1.165) is 4.90 Å². The number of amides is 2. The van der Waals surface area contributed by atoms with Gasteiger partial charge in [-0.3, -0.25) is 4.79 Å². The SMILES string of the molecule is CCOC(=O)[C@H](CC(=O)N1CCOC1=O)Nc1ccc(Cl)cc1. The molecule has 1 N–H and O–H groups in total. The van der Waals surface area contributed by atoms with Crippen molar-refractivity contribution in [3.05, 3.63) is 29.3 Å². The van der Waals surface area contributed by atoms with Gasteiger partial charge < -0.3 is 14.8 Å². The molecule has 0 unspecified atom stereocenters. The van der Waals surface area contributed by atoms with Crippen LogP contribution in [-0.4, -0.2) is 48.7 Å². The molecule has 0 spiro atoms. The molecule has 1 aliphatic heterocycles. The number of hydrogen-bond acceptors (Lipinski definition) is 6. The van der Waals surface area contributed by atoms with E-state index in [1.807, 2.05) is 0 Å². The summed E-state index contributed by atoms with van der Waals surface area (Å²) in [5, 5.41) is 3.48. The van der Waals surface area contributed by atoms with E-state index in [1.165, 1.54) is 0 Å². The highest BCUT2D eigenvalue weighted by Gasteiger charge is 2.32. The molecule has 2 rings (SSSR count). The van der Waals surface area contributed by atoms with E-state index in [9.17, 15) is 14.4 Å². The molecular weight excluding hydrogens is 324 g/mol. The van der Waals surface area contributed by atoms with Crippen LogP contribution in [0, 0.1) is 0 Å². The van der Waals surface area contributed by atoms with E-state index in [0.29, 0.717) is 10.7 Å². The Morgan fingerprint density at radius 3 is 2.65 bits per heavy atom. The Balaban J connectivity index is 2.07. The van der Waals surface area contributed by atoms with Crippen LogP contribution in [0.25, 0.3) is 0 Å². The van der Waals surface area contributed by atoms with E-state index in [-0.39, 0.29) is 26.2 Å². The molecule has 8 heteroatoms. The largest absolute Gasteiger partial charge is 0.464 e.